The highest BCUT2D eigenvalue weighted by molar-refractivity contribution is 6.05. The van der Waals surface area contributed by atoms with Gasteiger partial charge in [0.05, 0.1) is 0 Å². The highest BCUT2D eigenvalue weighted by Crippen LogP contribution is 2.34. The summed E-state index contributed by atoms with van der Waals surface area (Å²) in [6, 6.07) is 12.0. The van der Waals surface area contributed by atoms with E-state index in [4.69, 9.17) is 5.73 Å². The monoisotopic (exact) mass is 446 g/mol. The lowest BCUT2D eigenvalue weighted by Gasteiger charge is -2.32. The van der Waals surface area contributed by atoms with E-state index in [0.29, 0.717) is 25.1 Å². The van der Waals surface area contributed by atoms with Gasteiger partial charge in [-0.1, -0.05) is 24.3 Å². The van der Waals surface area contributed by atoms with Crippen LogP contribution >= 0.6 is 0 Å². The minimum Gasteiger partial charge on any atom is -0.367 e. The second kappa shape index (κ2) is 8.98. The van der Waals surface area contributed by atoms with Gasteiger partial charge in [-0.15, -0.1) is 0 Å². The van der Waals surface area contributed by atoms with Crippen LogP contribution in [0.15, 0.2) is 36.4 Å². The molecule has 2 aromatic rings. The molecule has 0 saturated carbocycles. The fraction of sp³-hybridized carbons (Fsp3) is 0.423. The number of amides is 3. The molecule has 2 aromatic carbocycles. The highest BCUT2D eigenvalue weighted by atomic mass is 16.2. The van der Waals surface area contributed by atoms with E-state index in [-0.39, 0.29) is 24.1 Å². The van der Waals surface area contributed by atoms with Crippen LogP contribution in [0.3, 0.4) is 0 Å². The van der Waals surface area contributed by atoms with E-state index in [1.807, 2.05) is 12.1 Å². The molecule has 0 spiro atoms. The van der Waals surface area contributed by atoms with Crippen molar-refractivity contribution in [2.75, 3.05) is 18.0 Å². The van der Waals surface area contributed by atoms with Crippen molar-refractivity contribution in [1.29, 1.82) is 0 Å². The molecular weight excluding hydrogens is 416 g/mol. The Bertz CT molecular complexity index is 1110. The van der Waals surface area contributed by atoms with Crippen molar-refractivity contribution in [3.05, 3.63) is 64.2 Å². The Morgan fingerprint density at radius 1 is 1.09 bits per heavy atom. The van der Waals surface area contributed by atoms with Crippen molar-refractivity contribution in [2.24, 2.45) is 5.73 Å². The Balaban J connectivity index is 1.37. The van der Waals surface area contributed by atoms with Gasteiger partial charge in [0.2, 0.25) is 11.8 Å². The quantitative estimate of drug-likeness (QED) is 0.664. The molecule has 0 aromatic heterocycles. The Labute approximate surface area is 193 Å². The molecule has 3 aliphatic heterocycles. The van der Waals surface area contributed by atoms with Gasteiger partial charge in [-0.3, -0.25) is 19.7 Å². The highest BCUT2D eigenvalue weighted by Gasteiger charge is 2.39. The van der Waals surface area contributed by atoms with E-state index in [2.05, 4.69) is 34.5 Å². The molecule has 3 aliphatic rings. The maximum absolute atomic E-state index is 13.1. The van der Waals surface area contributed by atoms with Gasteiger partial charge in [-0.05, 0) is 73.0 Å². The van der Waals surface area contributed by atoms with Crippen LogP contribution in [0.4, 0.5) is 5.69 Å². The van der Waals surface area contributed by atoms with Crippen LogP contribution in [-0.4, -0.2) is 41.8 Å². The van der Waals surface area contributed by atoms with E-state index < -0.39 is 6.04 Å². The number of rotatable bonds is 6. The van der Waals surface area contributed by atoms with Gasteiger partial charge in [0.25, 0.3) is 5.91 Å². The van der Waals surface area contributed by atoms with Crippen molar-refractivity contribution in [3.63, 3.8) is 0 Å². The largest absolute Gasteiger partial charge is 0.367 e. The summed E-state index contributed by atoms with van der Waals surface area (Å²) < 4.78 is 0. The first-order valence-electron chi connectivity index (χ1n) is 11.9. The number of fused-ring (bicyclic) bond motifs is 2. The first kappa shape index (κ1) is 21.6. The van der Waals surface area contributed by atoms with E-state index in [9.17, 15) is 14.4 Å². The van der Waals surface area contributed by atoms with Crippen molar-refractivity contribution >= 4 is 23.4 Å². The third-order valence-corrected chi connectivity index (χ3v) is 7.07. The normalized spacial score (nSPS) is 20.0. The molecule has 0 radical (unpaired) electrons. The molecule has 7 heteroatoms. The molecule has 7 nitrogen and oxygen atoms in total. The summed E-state index contributed by atoms with van der Waals surface area (Å²) in [6.07, 6.45) is 4.83. The summed E-state index contributed by atoms with van der Waals surface area (Å²) in [7, 11) is 0. The van der Waals surface area contributed by atoms with Crippen LogP contribution in [0.1, 0.15) is 58.3 Å². The van der Waals surface area contributed by atoms with Crippen LogP contribution in [-0.2, 0) is 35.5 Å². The number of nitrogens with two attached hydrogens (primary N) is 1. The van der Waals surface area contributed by atoms with Crippen LogP contribution in [0.25, 0.3) is 0 Å². The predicted molar refractivity (Wildman–Crippen MR) is 126 cm³/mol. The minimum atomic E-state index is -0.585. The number of piperidine rings is 1. The topological polar surface area (TPSA) is 95.7 Å². The number of imide groups is 1. The molecule has 5 rings (SSSR count). The molecule has 0 bridgehead atoms. The number of nitrogens with zero attached hydrogens (tertiary/aromatic N) is 2. The number of hydrogen-bond acceptors (Lipinski definition) is 5. The molecule has 3 N–H and O–H groups in total. The SMILES string of the molecule is NCCCc1ccc2c(c1)CCCN2Cc1cccc2c1CN(C1CCC(=O)NC1=O)C2=O. The van der Waals surface area contributed by atoms with E-state index >= 15 is 0 Å². The van der Waals surface area contributed by atoms with Gasteiger partial charge in [0.1, 0.15) is 6.04 Å². The number of anilines is 1. The van der Waals surface area contributed by atoms with Gasteiger partial charge in [-0.25, -0.2) is 0 Å². The second-order valence-electron chi connectivity index (χ2n) is 9.22. The van der Waals surface area contributed by atoms with Gasteiger partial charge in [-0.2, -0.15) is 0 Å². The van der Waals surface area contributed by atoms with Gasteiger partial charge in [0.15, 0.2) is 0 Å². The summed E-state index contributed by atoms with van der Waals surface area (Å²) >= 11 is 0. The van der Waals surface area contributed by atoms with E-state index in [1.54, 1.807) is 4.90 Å². The van der Waals surface area contributed by atoms with Gasteiger partial charge in [0, 0.05) is 37.3 Å². The molecule has 1 fully saturated rings. The molecular formula is C26H30N4O3. The fourth-order valence-electron chi connectivity index (χ4n) is 5.36. The van der Waals surface area contributed by atoms with Crippen molar-refractivity contribution in [3.8, 4) is 0 Å². The summed E-state index contributed by atoms with van der Waals surface area (Å²) in [5.41, 5.74) is 12.5. The number of hydrogen-bond donors (Lipinski definition) is 2. The minimum absolute atomic E-state index is 0.120. The van der Waals surface area contributed by atoms with Gasteiger partial charge < -0.3 is 15.5 Å². The lowest BCUT2D eigenvalue weighted by Crippen LogP contribution is -2.52. The first-order chi connectivity index (χ1) is 16.0. The van der Waals surface area contributed by atoms with E-state index in [1.165, 1.54) is 16.8 Å². The fourth-order valence-corrected chi connectivity index (χ4v) is 5.36. The number of benzene rings is 2. The molecule has 33 heavy (non-hydrogen) atoms. The number of carbonyl (C=O) groups excluding carboxylic acids is 3. The smallest absolute Gasteiger partial charge is 0.255 e. The molecule has 1 atom stereocenters. The Morgan fingerprint density at radius 2 is 1.97 bits per heavy atom. The second-order valence-corrected chi connectivity index (χ2v) is 9.22. The van der Waals surface area contributed by atoms with Gasteiger partial charge >= 0.3 is 0 Å². The maximum Gasteiger partial charge on any atom is 0.255 e. The zero-order chi connectivity index (χ0) is 22.9. The van der Waals surface area contributed by atoms with Crippen molar-refractivity contribution in [2.45, 2.75) is 57.7 Å². The standard InChI is InChI=1S/C26H30N4O3/c27-12-2-4-17-8-9-22-18(14-17)6-3-13-29(22)15-19-5-1-7-20-21(19)16-30(26(20)33)23-10-11-24(31)28-25(23)32/h1,5,7-9,14,23H,2-4,6,10-13,15-16,27H2,(H,28,31,32). The molecule has 172 valence electrons. The Kier molecular flexibility index (Phi) is 5.89. The summed E-state index contributed by atoms with van der Waals surface area (Å²) in [5.74, 6) is -0.759. The van der Waals surface area contributed by atoms with Crippen LogP contribution in [0.5, 0.6) is 0 Å². The third-order valence-electron chi connectivity index (χ3n) is 7.07. The Hall–Kier alpha value is -3.19. The Morgan fingerprint density at radius 3 is 2.79 bits per heavy atom. The molecule has 3 amide bonds. The molecule has 3 heterocycles. The van der Waals surface area contributed by atoms with Crippen LogP contribution < -0.4 is 16.0 Å². The van der Waals surface area contributed by atoms with Crippen molar-refractivity contribution < 1.29 is 14.4 Å². The summed E-state index contributed by atoms with van der Waals surface area (Å²) in [5, 5.41) is 2.38. The lowest BCUT2D eigenvalue weighted by atomic mass is 9.96. The third kappa shape index (κ3) is 4.13. The van der Waals surface area contributed by atoms with Crippen LogP contribution in [0, 0.1) is 0 Å². The van der Waals surface area contributed by atoms with Crippen molar-refractivity contribution in [1.82, 2.24) is 10.2 Å². The molecule has 1 unspecified atom stereocenters. The average Bonchev–Trinajstić information content (AvgIpc) is 3.15. The summed E-state index contributed by atoms with van der Waals surface area (Å²) in [4.78, 5) is 41.1. The zero-order valence-electron chi connectivity index (χ0n) is 18.8. The predicted octanol–water partition coefficient (Wildman–Crippen LogP) is 2.29. The molecule has 0 aliphatic carbocycles. The average molecular weight is 447 g/mol. The first-order valence-corrected chi connectivity index (χ1v) is 11.9. The van der Waals surface area contributed by atoms with Crippen LogP contribution in [0.2, 0.25) is 0 Å². The lowest BCUT2D eigenvalue weighted by molar-refractivity contribution is -0.136. The maximum atomic E-state index is 13.1. The summed E-state index contributed by atoms with van der Waals surface area (Å²) in [6.45, 7) is 2.82. The number of nitrogens with one attached hydrogen (secondary N) is 1. The number of carbonyl (C=O) groups is 3. The molecule has 1 saturated heterocycles. The van der Waals surface area contributed by atoms with E-state index in [0.717, 1.165) is 49.9 Å². The zero-order valence-corrected chi connectivity index (χ0v) is 18.8. The number of aryl methyl sites for hydroxylation is 2.